The lowest BCUT2D eigenvalue weighted by atomic mass is 10.1. The highest BCUT2D eigenvalue weighted by Crippen LogP contribution is 2.15. The Kier molecular flexibility index (Phi) is 6.42. The van der Waals surface area contributed by atoms with Gasteiger partial charge in [0.2, 0.25) is 5.91 Å². The van der Waals surface area contributed by atoms with Crippen LogP contribution in [0.4, 0.5) is 13.2 Å². The lowest BCUT2D eigenvalue weighted by molar-refractivity contribution is -0.116. The van der Waals surface area contributed by atoms with Gasteiger partial charge >= 0.3 is 6.61 Å². The van der Waals surface area contributed by atoms with Crippen LogP contribution in [-0.4, -0.2) is 19.1 Å². The number of carbonyl (C=O) groups excluding carboxylic acids is 1. The molecule has 0 heterocycles. The summed E-state index contributed by atoms with van der Waals surface area (Å²) in [5.41, 5.74) is 1.61. The topological polar surface area (TPSA) is 38.3 Å². The van der Waals surface area contributed by atoms with Gasteiger partial charge in [0.1, 0.15) is 11.6 Å². The van der Waals surface area contributed by atoms with Crippen LogP contribution >= 0.6 is 0 Å². The second kappa shape index (κ2) is 8.76. The fraction of sp³-hybridized carbons (Fsp3) is 0.167. The number of rotatable bonds is 7. The molecular weight excluding hydrogens is 319 g/mol. The predicted octanol–water partition coefficient (Wildman–Crippen LogP) is 3.80. The molecular formula is C18H16F3NO2. The zero-order valence-corrected chi connectivity index (χ0v) is 12.7. The van der Waals surface area contributed by atoms with E-state index in [0.29, 0.717) is 18.5 Å². The Balaban J connectivity index is 1.76. The molecule has 0 bridgehead atoms. The van der Waals surface area contributed by atoms with E-state index in [1.54, 1.807) is 30.3 Å². The van der Waals surface area contributed by atoms with Crippen LogP contribution < -0.4 is 10.1 Å². The molecule has 0 saturated heterocycles. The number of halogens is 3. The summed E-state index contributed by atoms with van der Waals surface area (Å²) in [4.78, 5) is 11.7. The van der Waals surface area contributed by atoms with Gasteiger partial charge in [-0.3, -0.25) is 4.79 Å². The van der Waals surface area contributed by atoms with Crippen molar-refractivity contribution in [1.82, 2.24) is 5.32 Å². The lowest BCUT2D eigenvalue weighted by Gasteiger charge is -2.04. The number of ether oxygens (including phenoxy) is 1. The highest BCUT2D eigenvalue weighted by atomic mass is 19.3. The van der Waals surface area contributed by atoms with Crippen LogP contribution in [0.3, 0.4) is 0 Å². The molecule has 0 fully saturated rings. The van der Waals surface area contributed by atoms with Crippen LogP contribution in [-0.2, 0) is 11.2 Å². The Hall–Kier alpha value is -2.76. The van der Waals surface area contributed by atoms with Gasteiger partial charge in [-0.2, -0.15) is 8.78 Å². The van der Waals surface area contributed by atoms with E-state index in [4.69, 9.17) is 0 Å². The van der Waals surface area contributed by atoms with Crippen molar-refractivity contribution in [3.8, 4) is 5.75 Å². The minimum Gasteiger partial charge on any atom is -0.435 e. The van der Waals surface area contributed by atoms with Crippen molar-refractivity contribution in [3.05, 3.63) is 71.6 Å². The SMILES string of the molecule is O=C(/C=C/c1ccc(OC(F)F)cc1)NCCc1ccc(F)cc1. The van der Waals surface area contributed by atoms with Gasteiger partial charge in [0.15, 0.2) is 0 Å². The monoisotopic (exact) mass is 335 g/mol. The van der Waals surface area contributed by atoms with Crippen LogP contribution in [0.25, 0.3) is 6.08 Å². The Bertz CT molecular complexity index is 682. The van der Waals surface area contributed by atoms with E-state index in [2.05, 4.69) is 10.1 Å². The van der Waals surface area contributed by atoms with Crippen molar-refractivity contribution in [3.63, 3.8) is 0 Å². The Morgan fingerprint density at radius 1 is 1.08 bits per heavy atom. The van der Waals surface area contributed by atoms with Crippen LogP contribution in [0.2, 0.25) is 0 Å². The molecule has 1 amide bonds. The van der Waals surface area contributed by atoms with Crippen molar-refractivity contribution >= 4 is 12.0 Å². The number of hydrogen-bond donors (Lipinski definition) is 1. The maximum absolute atomic E-state index is 12.8. The van der Waals surface area contributed by atoms with Crippen molar-refractivity contribution in [2.24, 2.45) is 0 Å². The molecule has 2 aromatic rings. The first-order valence-electron chi connectivity index (χ1n) is 7.28. The van der Waals surface area contributed by atoms with Crippen LogP contribution in [0.5, 0.6) is 5.75 Å². The standard InChI is InChI=1S/C18H16F3NO2/c19-15-6-1-14(2-7-15)11-12-22-17(23)10-5-13-3-8-16(9-4-13)24-18(20)21/h1-10,18H,11-12H2,(H,22,23)/b10-5+. The second-order valence-corrected chi connectivity index (χ2v) is 4.95. The number of carbonyl (C=O) groups is 1. The van der Waals surface area contributed by atoms with Gasteiger partial charge < -0.3 is 10.1 Å². The van der Waals surface area contributed by atoms with Gasteiger partial charge in [0, 0.05) is 12.6 Å². The van der Waals surface area contributed by atoms with E-state index in [-0.39, 0.29) is 17.5 Å². The number of nitrogens with one attached hydrogen (secondary N) is 1. The van der Waals surface area contributed by atoms with E-state index in [9.17, 15) is 18.0 Å². The highest BCUT2D eigenvalue weighted by Gasteiger charge is 2.03. The van der Waals surface area contributed by atoms with E-state index in [1.165, 1.54) is 30.3 Å². The quantitative estimate of drug-likeness (QED) is 0.782. The molecule has 24 heavy (non-hydrogen) atoms. The summed E-state index contributed by atoms with van der Waals surface area (Å²) in [6.45, 7) is -2.44. The number of alkyl halides is 2. The average molecular weight is 335 g/mol. The molecule has 2 rings (SSSR count). The van der Waals surface area contributed by atoms with Crippen molar-refractivity contribution in [2.75, 3.05) is 6.54 Å². The van der Waals surface area contributed by atoms with E-state index < -0.39 is 6.61 Å². The van der Waals surface area contributed by atoms with Crippen molar-refractivity contribution in [1.29, 1.82) is 0 Å². The molecule has 0 aliphatic rings. The molecule has 0 saturated carbocycles. The van der Waals surface area contributed by atoms with Crippen LogP contribution in [0, 0.1) is 5.82 Å². The van der Waals surface area contributed by atoms with Gasteiger partial charge in [-0.15, -0.1) is 0 Å². The second-order valence-electron chi connectivity index (χ2n) is 4.95. The fourth-order valence-corrected chi connectivity index (χ4v) is 1.97. The molecule has 0 atom stereocenters. The zero-order valence-electron chi connectivity index (χ0n) is 12.7. The third kappa shape index (κ3) is 6.16. The summed E-state index contributed by atoms with van der Waals surface area (Å²) >= 11 is 0. The molecule has 126 valence electrons. The molecule has 0 radical (unpaired) electrons. The molecule has 2 aromatic carbocycles. The van der Waals surface area contributed by atoms with Crippen LogP contribution in [0.1, 0.15) is 11.1 Å². The minimum atomic E-state index is -2.86. The molecule has 0 aliphatic carbocycles. The summed E-state index contributed by atoms with van der Waals surface area (Å²) in [5.74, 6) is -0.508. The largest absolute Gasteiger partial charge is 0.435 e. The first kappa shape index (κ1) is 17.6. The van der Waals surface area contributed by atoms with Crippen molar-refractivity contribution in [2.45, 2.75) is 13.0 Å². The first-order chi connectivity index (χ1) is 11.5. The summed E-state index contributed by atoms with van der Waals surface area (Å²) in [5, 5.41) is 2.71. The maximum atomic E-state index is 12.8. The first-order valence-corrected chi connectivity index (χ1v) is 7.28. The molecule has 0 aromatic heterocycles. The summed E-state index contributed by atoms with van der Waals surface area (Å²) < 4.78 is 41.1. The molecule has 0 spiro atoms. The number of amides is 1. The predicted molar refractivity (Wildman–Crippen MR) is 85.2 cm³/mol. The molecule has 0 unspecified atom stereocenters. The van der Waals surface area contributed by atoms with Gasteiger partial charge in [0.05, 0.1) is 0 Å². The molecule has 0 aliphatic heterocycles. The molecule has 1 N–H and O–H groups in total. The Morgan fingerprint density at radius 2 is 1.75 bits per heavy atom. The molecule has 6 heteroatoms. The number of benzene rings is 2. The molecule has 3 nitrogen and oxygen atoms in total. The minimum absolute atomic E-state index is 0.0610. The van der Waals surface area contributed by atoms with Crippen LogP contribution in [0.15, 0.2) is 54.6 Å². The number of hydrogen-bond acceptors (Lipinski definition) is 2. The van der Waals surface area contributed by atoms with Crippen molar-refractivity contribution < 1.29 is 22.7 Å². The van der Waals surface area contributed by atoms with Gasteiger partial charge in [-0.1, -0.05) is 24.3 Å². The lowest BCUT2D eigenvalue weighted by Crippen LogP contribution is -2.23. The Morgan fingerprint density at radius 3 is 2.38 bits per heavy atom. The van der Waals surface area contributed by atoms with Gasteiger partial charge in [-0.05, 0) is 47.9 Å². The Labute approximate surface area is 137 Å². The average Bonchev–Trinajstić information content (AvgIpc) is 2.55. The van der Waals surface area contributed by atoms with E-state index in [0.717, 1.165) is 5.56 Å². The van der Waals surface area contributed by atoms with Gasteiger partial charge in [0.25, 0.3) is 0 Å². The third-order valence-corrected chi connectivity index (χ3v) is 3.16. The normalized spacial score (nSPS) is 11.0. The summed E-state index contributed by atoms with van der Waals surface area (Å²) in [6.07, 6.45) is 3.52. The van der Waals surface area contributed by atoms with E-state index in [1.807, 2.05) is 0 Å². The zero-order chi connectivity index (χ0) is 17.4. The summed E-state index contributed by atoms with van der Waals surface area (Å²) in [7, 11) is 0. The highest BCUT2D eigenvalue weighted by molar-refractivity contribution is 5.91. The van der Waals surface area contributed by atoms with Gasteiger partial charge in [-0.25, -0.2) is 4.39 Å². The fourth-order valence-electron chi connectivity index (χ4n) is 1.97. The van der Waals surface area contributed by atoms with E-state index >= 15 is 0 Å². The maximum Gasteiger partial charge on any atom is 0.387 e. The third-order valence-electron chi connectivity index (χ3n) is 3.16. The smallest absolute Gasteiger partial charge is 0.387 e. The summed E-state index contributed by atoms with van der Waals surface area (Å²) in [6, 6.07) is 12.0.